The van der Waals surface area contributed by atoms with Crippen molar-refractivity contribution in [3.8, 4) is 50.3 Å². The van der Waals surface area contributed by atoms with E-state index in [1.165, 1.54) is 82.8 Å². The highest BCUT2D eigenvalue weighted by Gasteiger charge is 2.36. The topological polar surface area (TPSA) is 17.8 Å². The van der Waals surface area contributed by atoms with Crippen LogP contribution < -0.4 is 0 Å². The molecule has 2 heterocycles. The predicted molar refractivity (Wildman–Crippen MR) is 210 cm³/mol. The molecule has 10 rings (SSSR count). The summed E-state index contributed by atoms with van der Waals surface area (Å²) in [5.41, 5.74) is 16.1. The van der Waals surface area contributed by atoms with Gasteiger partial charge in [-0.2, -0.15) is 0 Å². The fourth-order valence-corrected chi connectivity index (χ4v) is 8.22. The van der Waals surface area contributed by atoms with E-state index in [0.29, 0.717) is 0 Å². The molecule has 1 aliphatic carbocycles. The Morgan fingerprint density at radius 1 is 0.440 bits per heavy atom. The van der Waals surface area contributed by atoms with Crippen LogP contribution in [0.4, 0.5) is 0 Å². The Bertz CT molecular complexity index is 2710. The van der Waals surface area contributed by atoms with E-state index >= 15 is 0 Å². The number of fused-ring (bicyclic) bond motifs is 7. The summed E-state index contributed by atoms with van der Waals surface area (Å²) in [6, 6.07) is 60.0. The SMILES string of the molecule is CC1(C)c2cc(-c3ccc(-c4ccccn4)cc3)ccc2-c2ccc(-c3ccc4cc(-n5c6ccccc6c6ccccc65)ccc4c3)cc21. The molecule has 0 saturated heterocycles. The first-order valence-electron chi connectivity index (χ1n) is 17.4. The van der Waals surface area contributed by atoms with Gasteiger partial charge in [-0.05, 0) is 110 Å². The van der Waals surface area contributed by atoms with Crippen LogP contribution in [0.1, 0.15) is 25.0 Å². The fraction of sp³-hybridized carbons (Fsp3) is 0.0625. The highest BCUT2D eigenvalue weighted by Crippen LogP contribution is 2.50. The summed E-state index contributed by atoms with van der Waals surface area (Å²) in [7, 11) is 0. The van der Waals surface area contributed by atoms with E-state index in [1.54, 1.807) is 0 Å². The molecule has 2 aromatic heterocycles. The van der Waals surface area contributed by atoms with E-state index in [4.69, 9.17) is 0 Å². The van der Waals surface area contributed by atoms with Crippen LogP contribution in [-0.4, -0.2) is 9.55 Å². The van der Waals surface area contributed by atoms with Gasteiger partial charge in [-0.15, -0.1) is 0 Å². The third-order valence-corrected chi connectivity index (χ3v) is 10.9. The molecule has 0 unspecified atom stereocenters. The Balaban J connectivity index is 0.983. The normalized spacial score (nSPS) is 13.2. The van der Waals surface area contributed by atoms with Gasteiger partial charge in [0, 0.05) is 33.6 Å². The zero-order valence-electron chi connectivity index (χ0n) is 28.1. The van der Waals surface area contributed by atoms with Crippen molar-refractivity contribution in [3.05, 3.63) is 181 Å². The lowest BCUT2D eigenvalue weighted by Crippen LogP contribution is -2.15. The zero-order valence-corrected chi connectivity index (χ0v) is 28.1. The molecule has 2 heteroatoms. The second kappa shape index (κ2) is 10.9. The van der Waals surface area contributed by atoms with Gasteiger partial charge in [0.15, 0.2) is 0 Å². The highest BCUT2D eigenvalue weighted by molar-refractivity contribution is 6.09. The molecular formula is C48H34N2. The molecule has 0 saturated carbocycles. The first kappa shape index (κ1) is 28.7. The van der Waals surface area contributed by atoms with Crippen molar-refractivity contribution in [2.75, 3.05) is 0 Å². The molecule has 1 aliphatic rings. The van der Waals surface area contributed by atoms with Gasteiger partial charge in [-0.3, -0.25) is 4.98 Å². The third-order valence-electron chi connectivity index (χ3n) is 10.9. The van der Waals surface area contributed by atoms with E-state index in [1.807, 2.05) is 18.3 Å². The summed E-state index contributed by atoms with van der Waals surface area (Å²) < 4.78 is 2.39. The molecule has 9 aromatic rings. The van der Waals surface area contributed by atoms with Crippen LogP contribution in [0.15, 0.2) is 170 Å². The number of rotatable bonds is 4. The number of para-hydroxylation sites is 2. The van der Waals surface area contributed by atoms with Gasteiger partial charge in [0.1, 0.15) is 0 Å². The number of nitrogens with zero attached hydrogens (tertiary/aromatic N) is 2. The minimum atomic E-state index is -0.112. The Morgan fingerprint density at radius 2 is 0.960 bits per heavy atom. The van der Waals surface area contributed by atoms with Gasteiger partial charge < -0.3 is 4.57 Å². The number of hydrogen-bond donors (Lipinski definition) is 0. The van der Waals surface area contributed by atoms with Crippen molar-refractivity contribution < 1.29 is 0 Å². The van der Waals surface area contributed by atoms with E-state index < -0.39 is 0 Å². The van der Waals surface area contributed by atoms with Gasteiger partial charge in [-0.25, -0.2) is 0 Å². The summed E-state index contributed by atoms with van der Waals surface area (Å²) >= 11 is 0. The summed E-state index contributed by atoms with van der Waals surface area (Å²) in [5, 5.41) is 5.05. The minimum absolute atomic E-state index is 0.112. The second-order valence-corrected chi connectivity index (χ2v) is 14.1. The first-order valence-corrected chi connectivity index (χ1v) is 17.4. The lowest BCUT2D eigenvalue weighted by atomic mass is 9.80. The largest absolute Gasteiger partial charge is 0.309 e. The molecular weight excluding hydrogens is 605 g/mol. The smallest absolute Gasteiger partial charge is 0.0701 e. The maximum atomic E-state index is 4.51. The predicted octanol–water partition coefficient (Wildman–Crippen LogP) is 12.6. The molecule has 0 spiro atoms. The molecule has 0 radical (unpaired) electrons. The van der Waals surface area contributed by atoms with E-state index in [2.05, 4.69) is 175 Å². The Morgan fingerprint density at radius 3 is 1.62 bits per heavy atom. The number of benzene rings is 7. The number of hydrogen-bond acceptors (Lipinski definition) is 1. The molecule has 50 heavy (non-hydrogen) atoms. The molecule has 0 amide bonds. The van der Waals surface area contributed by atoms with E-state index in [-0.39, 0.29) is 5.41 Å². The summed E-state index contributed by atoms with van der Waals surface area (Å²) in [6.45, 7) is 4.73. The minimum Gasteiger partial charge on any atom is -0.309 e. The van der Waals surface area contributed by atoms with Crippen LogP contribution in [0.3, 0.4) is 0 Å². The number of pyridine rings is 1. The lowest BCUT2D eigenvalue weighted by molar-refractivity contribution is 0.661. The summed E-state index contributed by atoms with van der Waals surface area (Å²) in [5.74, 6) is 0. The standard InChI is InChI=1S/C48H34N2/c1-48(2)43-29-36(31-14-16-32(17-15-31)45-11-7-8-26-49-45)21-24-39(43)40-25-22-37(30-44(40)48)33-18-19-35-28-38(23-20-34(35)27-33)50-46-12-5-3-9-41(46)42-10-4-6-13-47(42)50/h3-30H,1-2H3. The van der Waals surface area contributed by atoms with Crippen LogP contribution in [0.5, 0.6) is 0 Å². The number of aromatic nitrogens is 2. The molecule has 0 N–H and O–H groups in total. The Kier molecular flexibility index (Phi) is 6.25. The highest BCUT2D eigenvalue weighted by atomic mass is 15.0. The average molecular weight is 639 g/mol. The van der Waals surface area contributed by atoms with Crippen LogP contribution in [0, 0.1) is 0 Å². The van der Waals surface area contributed by atoms with Crippen LogP contribution in [-0.2, 0) is 5.41 Å². The summed E-state index contributed by atoms with van der Waals surface area (Å²) in [4.78, 5) is 4.51. The Labute approximate surface area is 291 Å². The molecule has 0 aliphatic heterocycles. The van der Waals surface area contributed by atoms with Crippen LogP contribution >= 0.6 is 0 Å². The molecule has 2 nitrogen and oxygen atoms in total. The molecule has 0 fully saturated rings. The van der Waals surface area contributed by atoms with Gasteiger partial charge >= 0.3 is 0 Å². The average Bonchev–Trinajstić information content (AvgIpc) is 3.63. The maximum absolute atomic E-state index is 4.51. The quantitative estimate of drug-likeness (QED) is 0.188. The maximum Gasteiger partial charge on any atom is 0.0701 e. The van der Waals surface area contributed by atoms with Gasteiger partial charge in [0.2, 0.25) is 0 Å². The Hall–Kier alpha value is -6.25. The van der Waals surface area contributed by atoms with Gasteiger partial charge in [-0.1, -0.05) is 123 Å². The zero-order chi connectivity index (χ0) is 33.4. The van der Waals surface area contributed by atoms with Gasteiger partial charge in [0.05, 0.1) is 16.7 Å². The fourth-order valence-electron chi connectivity index (χ4n) is 8.22. The van der Waals surface area contributed by atoms with E-state index in [0.717, 1.165) is 11.3 Å². The second-order valence-electron chi connectivity index (χ2n) is 14.1. The van der Waals surface area contributed by atoms with Crippen molar-refractivity contribution in [3.63, 3.8) is 0 Å². The molecule has 236 valence electrons. The first-order chi connectivity index (χ1) is 24.5. The van der Waals surface area contributed by atoms with Crippen molar-refractivity contribution in [1.29, 1.82) is 0 Å². The van der Waals surface area contributed by atoms with E-state index in [9.17, 15) is 0 Å². The van der Waals surface area contributed by atoms with Crippen LogP contribution in [0.2, 0.25) is 0 Å². The summed E-state index contributed by atoms with van der Waals surface area (Å²) in [6.07, 6.45) is 1.85. The molecule has 0 atom stereocenters. The molecule has 7 aromatic carbocycles. The van der Waals surface area contributed by atoms with Crippen LogP contribution in [0.25, 0.3) is 82.9 Å². The van der Waals surface area contributed by atoms with Crippen molar-refractivity contribution >= 4 is 32.6 Å². The van der Waals surface area contributed by atoms with Crippen molar-refractivity contribution in [2.45, 2.75) is 19.3 Å². The molecule has 0 bridgehead atoms. The van der Waals surface area contributed by atoms with Crippen molar-refractivity contribution in [1.82, 2.24) is 9.55 Å². The monoisotopic (exact) mass is 638 g/mol. The van der Waals surface area contributed by atoms with Crippen molar-refractivity contribution in [2.24, 2.45) is 0 Å². The van der Waals surface area contributed by atoms with Gasteiger partial charge in [0.25, 0.3) is 0 Å². The lowest BCUT2D eigenvalue weighted by Gasteiger charge is -2.22. The third kappa shape index (κ3) is 4.38.